The summed E-state index contributed by atoms with van der Waals surface area (Å²) in [6, 6.07) is 7.82. The lowest BCUT2D eigenvalue weighted by Crippen LogP contribution is -2.19. The van der Waals surface area contributed by atoms with Crippen LogP contribution in [-0.2, 0) is 4.79 Å². The number of nitrogens with zero attached hydrogens (tertiary/aromatic N) is 2. The highest BCUT2D eigenvalue weighted by molar-refractivity contribution is 8.00. The summed E-state index contributed by atoms with van der Waals surface area (Å²) >= 11 is 1.43. The molecule has 0 aliphatic rings. The molecule has 1 aromatic heterocycles. The van der Waals surface area contributed by atoms with Gasteiger partial charge in [-0.3, -0.25) is 4.79 Å². The Bertz CT molecular complexity index is 556. The lowest BCUT2D eigenvalue weighted by Gasteiger charge is -2.05. The summed E-state index contributed by atoms with van der Waals surface area (Å²) < 4.78 is 0. The highest BCUT2D eigenvalue weighted by Gasteiger charge is 2.07. The molecule has 0 radical (unpaired) electrons. The third-order valence-corrected chi connectivity index (χ3v) is 3.29. The highest BCUT2D eigenvalue weighted by Crippen LogP contribution is 2.24. The lowest BCUT2D eigenvalue weighted by atomic mass is 10.2. The molecule has 2 aromatic rings. The fourth-order valence-electron chi connectivity index (χ4n) is 1.47. The van der Waals surface area contributed by atoms with Crippen LogP contribution >= 0.6 is 11.8 Å². The average Bonchev–Trinajstić information content (AvgIpc) is 2.35. The number of fused-ring (bicyclic) bond motifs is 1. The molecule has 0 saturated carbocycles. The van der Waals surface area contributed by atoms with Crippen molar-refractivity contribution in [2.75, 3.05) is 12.8 Å². The molecule has 0 atom stereocenters. The van der Waals surface area contributed by atoms with E-state index in [1.54, 1.807) is 7.05 Å². The minimum absolute atomic E-state index is 0.00431. The zero-order valence-electron chi connectivity index (χ0n) is 9.73. The van der Waals surface area contributed by atoms with E-state index in [0.29, 0.717) is 5.75 Å². The van der Waals surface area contributed by atoms with E-state index in [4.69, 9.17) is 0 Å². The van der Waals surface area contributed by atoms with E-state index in [1.165, 1.54) is 11.8 Å². The Morgan fingerprint density at radius 1 is 1.35 bits per heavy atom. The molecular weight excluding hydrogens is 234 g/mol. The van der Waals surface area contributed by atoms with Crippen LogP contribution in [0.25, 0.3) is 10.9 Å². The maximum Gasteiger partial charge on any atom is 0.230 e. The second-order valence-corrected chi connectivity index (χ2v) is 4.52. The Labute approximate surface area is 104 Å². The van der Waals surface area contributed by atoms with Gasteiger partial charge in [-0.25, -0.2) is 9.97 Å². The van der Waals surface area contributed by atoms with Gasteiger partial charge in [0.05, 0.1) is 11.3 Å². The van der Waals surface area contributed by atoms with Crippen molar-refractivity contribution in [3.8, 4) is 0 Å². The van der Waals surface area contributed by atoms with Gasteiger partial charge in [0.25, 0.3) is 0 Å². The summed E-state index contributed by atoms with van der Waals surface area (Å²) in [7, 11) is 1.63. The Morgan fingerprint density at radius 3 is 2.88 bits per heavy atom. The molecule has 2 rings (SSSR count). The van der Waals surface area contributed by atoms with Crippen LogP contribution in [0.2, 0.25) is 0 Å². The van der Waals surface area contributed by atoms with Crippen molar-refractivity contribution >= 4 is 28.6 Å². The molecule has 88 valence electrons. The van der Waals surface area contributed by atoms with Gasteiger partial charge in [-0.05, 0) is 13.0 Å². The van der Waals surface area contributed by atoms with Gasteiger partial charge in [0.15, 0.2) is 0 Å². The molecule has 0 aliphatic carbocycles. The van der Waals surface area contributed by atoms with Crippen molar-refractivity contribution in [3.63, 3.8) is 0 Å². The standard InChI is InChI=1S/C12H13N3OS/c1-8-14-10-6-4-3-5-9(10)12(15-8)17-7-11(16)13-2/h3-6H,7H2,1-2H3,(H,13,16). The molecule has 0 unspecified atom stereocenters. The second kappa shape index (κ2) is 5.14. The number of aryl methyl sites for hydroxylation is 1. The monoisotopic (exact) mass is 247 g/mol. The minimum Gasteiger partial charge on any atom is -0.358 e. The number of hydrogen-bond acceptors (Lipinski definition) is 4. The Hall–Kier alpha value is -1.62. The molecule has 1 N–H and O–H groups in total. The van der Waals surface area contributed by atoms with Crippen molar-refractivity contribution in [2.45, 2.75) is 11.9 Å². The van der Waals surface area contributed by atoms with E-state index in [0.717, 1.165) is 21.8 Å². The fraction of sp³-hybridized carbons (Fsp3) is 0.250. The van der Waals surface area contributed by atoms with Gasteiger partial charge < -0.3 is 5.32 Å². The predicted molar refractivity (Wildman–Crippen MR) is 69.1 cm³/mol. The van der Waals surface area contributed by atoms with E-state index < -0.39 is 0 Å². The SMILES string of the molecule is CNC(=O)CSc1nc(C)nc2ccccc12. The first kappa shape index (κ1) is 11.9. The van der Waals surface area contributed by atoms with Gasteiger partial charge >= 0.3 is 0 Å². The molecule has 17 heavy (non-hydrogen) atoms. The predicted octanol–water partition coefficient (Wildman–Crippen LogP) is 1.78. The Kier molecular flexibility index (Phi) is 3.58. The quantitative estimate of drug-likeness (QED) is 0.663. The third-order valence-electron chi connectivity index (χ3n) is 2.30. The van der Waals surface area contributed by atoms with Crippen molar-refractivity contribution in [1.82, 2.24) is 15.3 Å². The Balaban J connectivity index is 2.35. The summed E-state index contributed by atoms with van der Waals surface area (Å²) in [5, 5.41) is 4.45. The van der Waals surface area contributed by atoms with E-state index in [2.05, 4.69) is 15.3 Å². The second-order valence-electron chi connectivity index (χ2n) is 3.55. The number of carbonyl (C=O) groups is 1. The average molecular weight is 247 g/mol. The summed E-state index contributed by atoms with van der Waals surface area (Å²) in [5.74, 6) is 1.09. The summed E-state index contributed by atoms with van der Waals surface area (Å²) in [6.45, 7) is 1.86. The first-order valence-electron chi connectivity index (χ1n) is 5.27. The molecule has 4 nitrogen and oxygen atoms in total. The maximum atomic E-state index is 11.2. The first-order chi connectivity index (χ1) is 8.20. The van der Waals surface area contributed by atoms with Gasteiger partial charge in [0, 0.05) is 12.4 Å². The fourth-order valence-corrected chi connectivity index (χ4v) is 2.41. The van der Waals surface area contributed by atoms with Gasteiger partial charge in [-0.15, -0.1) is 0 Å². The van der Waals surface area contributed by atoms with Crippen molar-refractivity contribution in [3.05, 3.63) is 30.1 Å². The van der Waals surface area contributed by atoms with Crippen LogP contribution in [0.3, 0.4) is 0 Å². The molecule has 1 amide bonds. The third kappa shape index (κ3) is 2.74. The number of para-hydroxylation sites is 1. The molecule has 5 heteroatoms. The van der Waals surface area contributed by atoms with E-state index in [1.807, 2.05) is 31.2 Å². The number of amides is 1. The topological polar surface area (TPSA) is 54.9 Å². The van der Waals surface area contributed by atoms with Gasteiger partial charge in [-0.2, -0.15) is 0 Å². The lowest BCUT2D eigenvalue weighted by molar-refractivity contribution is -0.118. The van der Waals surface area contributed by atoms with Crippen LogP contribution in [0.15, 0.2) is 29.3 Å². The number of hydrogen-bond donors (Lipinski definition) is 1. The zero-order chi connectivity index (χ0) is 12.3. The molecule has 0 saturated heterocycles. The van der Waals surface area contributed by atoms with Crippen LogP contribution in [0.1, 0.15) is 5.82 Å². The van der Waals surface area contributed by atoms with Gasteiger partial charge in [0.2, 0.25) is 5.91 Å². The molecule has 1 heterocycles. The molecule has 1 aromatic carbocycles. The number of thioether (sulfide) groups is 1. The van der Waals surface area contributed by atoms with Gasteiger partial charge in [0.1, 0.15) is 10.9 Å². The molecule has 0 spiro atoms. The van der Waals surface area contributed by atoms with Crippen LogP contribution in [-0.4, -0.2) is 28.7 Å². The Morgan fingerprint density at radius 2 is 2.12 bits per heavy atom. The van der Waals surface area contributed by atoms with E-state index in [9.17, 15) is 4.79 Å². The van der Waals surface area contributed by atoms with Crippen molar-refractivity contribution < 1.29 is 4.79 Å². The number of aromatic nitrogens is 2. The minimum atomic E-state index is -0.00431. The normalized spacial score (nSPS) is 10.5. The van der Waals surface area contributed by atoms with Crippen LogP contribution in [0.5, 0.6) is 0 Å². The zero-order valence-corrected chi connectivity index (χ0v) is 10.5. The first-order valence-corrected chi connectivity index (χ1v) is 6.26. The van der Waals surface area contributed by atoms with Gasteiger partial charge in [-0.1, -0.05) is 30.0 Å². The molecular formula is C12H13N3OS. The number of carbonyl (C=O) groups excluding carboxylic acids is 1. The van der Waals surface area contributed by atoms with Crippen molar-refractivity contribution in [1.29, 1.82) is 0 Å². The summed E-state index contributed by atoms with van der Waals surface area (Å²) in [4.78, 5) is 20.0. The largest absolute Gasteiger partial charge is 0.358 e. The number of benzene rings is 1. The molecule has 0 aliphatic heterocycles. The van der Waals surface area contributed by atoms with Crippen LogP contribution < -0.4 is 5.32 Å². The number of rotatable bonds is 3. The molecule has 0 fully saturated rings. The van der Waals surface area contributed by atoms with Crippen molar-refractivity contribution in [2.24, 2.45) is 0 Å². The van der Waals surface area contributed by atoms with E-state index >= 15 is 0 Å². The maximum absolute atomic E-state index is 11.2. The summed E-state index contributed by atoms with van der Waals surface area (Å²) in [5.41, 5.74) is 0.916. The summed E-state index contributed by atoms with van der Waals surface area (Å²) in [6.07, 6.45) is 0. The van der Waals surface area contributed by atoms with Crippen LogP contribution in [0, 0.1) is 6.92 Å². The highest BCUT2D eigenvalue weighted by atomic mass is 32.2. The van der Waals surface area contributed by atoms with E-state index in [-0.39, 0.29) is 5.91 Å². The molecule has 0 bridgehead atoms. The van der Waals surface area contributed by atoms with Crippen LogP contribution in [0.4, 0.5) is 0 Å². The smallest absolute Gasteiger partial charge is 0.230 e. The number of nitrogens with one attached hydrogen (secondary N) is 1.